The molecule has 1 aromatic heterocycles. The number of hydrogen-bond donors (Lipinski definition) is 1. The number of pyridine rings is 1. The van der Waals surface area contributed by atoms with Gasteiger partial charge < -0.3 is 9.67 Å². The molecule has 0 aliphatic heterocycles. The fourth-order valence-corrected chi connectivity index (χ4v) is 2.79. The zero-order valence-corrected chi connectivity index (χ0v) is 12.3. The zero-order chi connectivity index (χ0) is 15.9. The molecule has 2 aromatic carbocycles. The number of fused-ring (bicyclic) bond motifs is 1. The maximum absolute atomic E-state index is 12.2. The zero-order valence-electron chi connectivity index (χ0n) is 12.3. The smallest absolute Gasteiger partial charge is 0.341 e. The second-order valence-electron chi connectivity index (χ2n) is 5.25. The number of benzene rings is 2. The molecular formula is C18H15NO3. The van der Waals surface area contributed by atoms with Gasteiger partial charge in [-0.2, -0.15) is 0 Å². The molecule has 0 saturated carbocycles. The van der Waals surface area contributed by atoms with Crippen LogP contribution in [0.2, 0.25) is 0 Å². The van der Waals surface area contributed by atoms with Crippen LogP contribution in [0.5, 0.6) is 0 Å². The first-order valence-corrected chi connectivity index (χ1v) is 6.92. The maximum atomic E-state index is 12.2. The summed E-state index contributed by atoms with van der Waals surface area (Å²) in [6.07, 6.45) is 0. The SMILES string of the molecule is Cc1c(C(=O)O)c(=O)cc(-c2cccc3ccccc23)n1C. The van der Waals surface area contributed by atoms with E-state index in [0.29, 0.717) is 11.4 Å². The van der Waals surface area contributed by atoms with Crippen LogP contribution in [-0.2, 0) is 7.05 Å². The first kappa shape index (κ1) is 14.1. The maximum Gasteiger partial charge on any atom is 0.341 e. The number of carboxylic acid groups (broad SMARTS) is 1. The Kier molecular flexibility index (Phi) is 3.29. The molecule has 1 heterocycles. The Bertz CT molecular complexity index is 949. The number of carboxylic acids is 1. The van der Waals surface area contributed by atoms with E-state index in [9.17, 15) is 14.7 Å². The Balaban J connectivity index is 2.38. The van der Waals surface area contributed by atoms with Gasteiger partial charge in [-0.25, -0.2) is 4.79 Å². The van der Waals surface area contributed by atoms with Gasteiger partial charge in [0.1, 0.15) is 5.56 Å². The van der Waals surface area contributed by atoms with Crippen molar-refractivity contribution in [3.63, 3.8) is 0 Å². The summed E-state index contributed by atoms with van der Waals surface area (Å²) in [7, 11) is 1.78. The van der Waals surface area contributed by atoms with Gasteiger partial charge in [-0.3, -0.25) is 4.79 Å². The molecule has 1 N–H and O–H groups in total. The van der Waals surface area contributed by atoms with Gasteiger partial charge in [0.25, 0.3) is 0 Å². The highest BCUT2D eigenvalue weighted by atomic mass is 16.4. The molecule has 0 fully saturated rings. The van der Waals surface area contributed by atoms with Crippen LogP contribution in [0.1, 0.15) is 16.1 Å². The molecule has 4 nitrogen and oxygen atoms in total. The van der Waals surface area contributed by atoms with Crippen LogP contribution in [0.4, 0.5) is 0 Å². The number of rotatable bonds is 2. The average molecular weight is 293 g/mol. The predicted molar refractivity (Wildman–Crippen MR) is 86.3 cm³/mol. The number of hydrogen-bond acceptors (Lipinski definition) is 2. The summed E-state index contributed by atoms with van der Waals surface area (Å²) in [5, 5.41) is 11.3. The molecule has 0 bridgehead atoms. The first-order chi connectivity index (χ1) is 10.5. The van der Waals surface area contributed by atoms with E-state index in [1.807, 2.05) is 42.5 Å². The van der Waals surface area contributed by atoms with E-state index < -0.39 is 11.4 Å². The minimum atomic E-state index is -1.19. The fraction of sp³-hybridized carbons (Fsp3) is 0.111. The van der Waals surface area contributed by atoms with Crippen LogP contribution >= 0.6 is 0 Å². The van der Waals surface area contributed by atoms with E-state index in [1.54, 1.807) is 18.5 Å². The van der Waals surface area contributed by atoms with Gasteiger partial charge in [-0.15, -0.1) is 0 Å². The van der Waals surface area contributed by atoms with Gasteiger partial charge in [-0.1, -0.05) is 42.5 Å². The average Bonchev–Trinajstić information content (AvgIpc) is 2.50. The van der Waals surface area contributed by atoms with Gasteiger partial charge in [-0.05, 0) is 17.7 Å². The molecule has 0 spiro atoms. The van der Waals surface area contributed by atoms with E-state index in [1.165, 1.54) is 6.07 Å². The third kappa shape index (κ3) is 2.09. The molecule has 0 amide bonds. The summed E-state index contributed by atoms with van der Waals surface area (Å²) in [6.45, 7) is 1.65. The fourth-order valence-electron chi connectivity index (χ4n) is 2.79. The molecule has 4 heteroatoms. The topological polar surface area (TPSA) is 59.3 Å². The molecule has 0 aliphatic carbocycles. The minimum absolute atomic E-state index is 0.175. The van der Waals surface area contributed by atoms with Crippen molar-refractivity contribution in [2.24, 2.45) is 7.05 Å². The summed E-state index contributed by atoms with van der Waals surface area (Å²) in [6, 6.07) is 15.2. The quantitative estimate of drug-likeness (QED) is 0.789. The molecule has 3 aromatic rings. The Morgan fingerprint density at radius 3 is 2.50 bits per heavy atom. The van der Waals surface area contributed by atoms with Crippen molar-refractivity contribution in [3.05, 3.63) is 70.0 Å². The molecule has 0 saturated heterocycles. The summed E-state index contributed by atoms with van der Waals surface area (Å²) < 4.78 is 1.76. The third-order valence-electron chi connectivity index (χ3n) is 4.02. The molecule has 22 heavy (non-hydrogen) atoms. The van der Waals surface area contributed by atoms with Crippen LogP contribution in [0.3, 0.4) is 0 Å². The van der Waals surface area contributed by atoms with Crippen LogP contribution in [-0.4, -0.2) is 15.6 Å². The number of aromatic carboxylic acids is 1. The highest BCUT2D eigenvalue weighted by molar-refractivity contribution is 5.96. The molecule has 0 aliphatic rings. The lowest BCUT2D eigenvalue weighted by molar-refractivity contribution is 0.0693. The molecule has 3 rings (SSSR count). The van der Waals surface area contributed by atoms with Gasteiger partial charge in [0.15, 0.2) is 5.43 Å². The van der Waals surface area contributed by atoms with Crippen LogP contribution in [0, 0.1) is 6.92 Å². The van der Waals surface area contributed by atoms with Crippen molar-refractivity contribution in [2.45, 2.75) is 6.92 Å². The summed E-state index contributed by atoms with van der Waals surface area (Å²) in [4.78, 5) is 23.4. The Hall–Kier alpha value is -2.88. The van der Waals surface area contributed by atoms with Gasteiger partial charge in [0.05, 0.1) is 5.69 Å². The number of aromatic nitrogens is 1. The van der Waals surface area contributed by atoms with E-state index >= 15 is 0 Å². The molecule has 110 valence electrons. The van der Waals surface area contributed by atoms with E-state index in [4.69, 9.17) is 0 Å². The van der Waals surface area contributed by atoms with Crippen molar-refractivity contribution in [2.75, 3.05) is 0 Å². The van der Waals surface area contributed by atoms with E-state index in [2.05, 4.69) is 0 Å². The van der Waals surface area contributed by atoms with Gasteiger partial charge in [0.2, 0.25) is 0 Å². The molecule has 0 atom stereocenters. The monoisotopic (exact) mass is 293 g/mol. The molecule has 0 radical (unpaired) electrons. The van der Waals surface area contributed by atoms with E-state index in [-0.39, 0.29) is 5.56 Å². The van der Waals surface area contributed by atoms with Crippen LogP contribution in [0.15, 0.2) is 53.3 Å². The predicted octanol–water partition coefficient (Wildman–Crippen LogP) is 3.21. The lowest BCUT2D eigenvalue weighted by atomic mass is 10.0. The minimum Gasteiger partial charge on any atom is -0.477 e. The Labute approximate surface area is 127 Å². The van der Waals surface area contributed by atoms with Gasteiger partial charge in [0, 0.05) is 24.4 Å². The second-order valence-corrected chi connectivity index (χ2v) is 5.25. The standard InChI is InChI=1S/C18H15NO3/c1-11-17(18(21)22)16(20)10-15(19(11)2)14-9-5-7-12-6-3-4-8-13(12)14/h3-10H,1-2H3,(H,21,22). The lowest BCUT2D eigenvalue weighted by Crippen LogP contribution is -2.21. The van der Waals surface area contributed by atoms with Crippen LogP contribution in [0.25, 0.3) is 22.0 Å². The highest BCUT2D eigenvalue weighted by Gasteiger charge is 2.17. The largest absolute Gasteiger partial charge is 0.477 e. The van der Waals surface area contributed by atoms with Crippen molar-refractivity contribution in [1.82, 2.24) is 4.57 Å². The summed E-state index contributed by atoms with van der Waals surface area (Å²) >= 11 is 0. The summed E-state index contributed by atoms with van der Waals surface area (Å²) in [5.41, 5.74) is 1.43. The van der Waals surface area contributed by atoms with Crippen molar-refractivity contribution in [1.29, 1.82) is 0 Å². The Morgan fingerprint density at radius 1 is 1.09 bits per heavy atom. The lowest BCUT2D eigenvalue weighted by Gasteiger charge is -2.15. The first-order valence-electron chi connectivity index (χ1n) is 6.92. The third-order valence-corrected chi connectivity index (χ3v) is 4.02. The van der Waals surface area contributed by atoms with Crippen molar-refractivity contribution in [3.8, 4) is 11.3 Å². The summed E-state index contributed by atoms with van der Waals surface area (Å²) in [5.74, 6) is -1.19. The highest BCUT2D eigenvalue weighted by Crippen LogP contribution is 2.28. The van der Waals surface area contributed by atoms with E-state index in [0.717, 1.165) is 16.3 Å². The normalized spacial score (nSPS) is 10.8. The Morgan fingerprint density at radius 2 is 1.77 bits per heavy atom. The van der Waals surface area contributed by atoms with Gasteiger partial charge >= 0.3 is 5.97 Å². The second kappa shape index (κ2) is 5.15. The molecule has 0 unspecified atom stereocenters. The van der Waals surface area contributed by atoms with Crippen molar-refractivity contribution >= 4 is 16.7 Å². The molecular weight excluding hydrogens is 278 g/mol. The van der Waals surface area contributed by atoms with Crippen LogP contribution < -0.4 is 5.43 Å². The number of nitrogens with zero attached hydrogens (tertiary/aromatic N) is 1. The number of carbonyl (C=O) groups is 1. The van der Waals surface area contributed by atoms with Crippen molar-refractivity contribution < 1.29 is 9.90 Å².